The maximum absolute atomic E-state index is 13.2. The first kappa shape index (κ1) is 22.3. The maximum atomic E-state index is 13.2. The highest BCUT2D eigenvalue weighted by Crippen LogP contribution is 2.70. The molecule has 7 nitrogen and oxygen atoms in total. The molecule has 31 heavy (non-hydrogen) atoms. The smallest absolute Gasteiger partial charge is 0.338 e. The molecule has 1 heterocycles. The second-order valence-electron chi connectivity index (χ2n) is 9.28. The van der Waals surface area contributed by atoms with Gasteiger partial charge in [0.1, 0.15) is 0 Å². The Hall–Kier alpha value is -1.87. The quantitative estimate of drug-likeness (QED) is 0.486. The number of esters is 1. The molecule has 1 aromatic carbocycles. The molecule has 1 saturated heterocycles. The number of benzene rings is 1. The van der Waals surface area contributed by atoms with Crippen molar-refractivity contribution in [2.45, 2.75) is 62.6 Å². The van der Waals surface area contributed by atoms with Gasteiger partial charge in [0.05, 0.1) is 24.1 Å². The molecule has 1 aliphatic heterocycles. The standard InChI is InChI=1S/C22H27NO6S2/c1-13(30-16-8-6-5-7-15(16)19(25)29-4)11-18(24)23-17-12-14-9-10-22(17,21(14,2)3)20(26)31(23,27)28/h5-8,13-14,17H,9-12H2,1-4H3/t13?,14-,17-,22+/m1/s1. The third-order valence-corrected chi connectivity index (χ3v) is 10.6. The van der Waals surface area contributed by atoms with Crippen molar-refractivity contribution in [2.24, 2.45) is 16.7 Å². The van der Waals surface area contributed by atoms with Crippen LogP contribution in [0.4, 0.5) is 0 Å². The number of carbonyl (C=O) groups is 3. The Balaban J connectivity index is 1.56. The molecular formula is C22H27NO6S2. The van der Waals surface area contributed by atoms with Crippen molar-refractivity contribution in [2.75, 3.05) is 7.11 Å². The van der Waals surface area contributed by atoms with Crippen molar-refractivity contribution in [3.8, 4) is 0 Å². The van der Waals surface area contributed by atoms with Crippen molar-refractivity contribution >= 4 is 38.8 Å². The Kier molecular flexibility index (Phi) is 5.28. The number of hydrogen-bond acceptors (Lipinski definition) is 7. The molecule has 0 radical (unpaired) electrons. The van der Waals surface area contributed by atoms with E-state index in [1.807, 2.05) is 20.8 Å². The lowest BCUT2D eigenvalue weighted by Crippen LogP contribution is -2.45. The summed E-state index contributed by atoms with van der Waals surface area (Å²) in [6.07, 6.45) is 1.85. The third-order valence-electron chi connectivity index (χ3n) is 7.60. The van der Waals surface area contributed by atoms with Crippen LogP contribution in [0.3, 0.4) is 0 Å². The molecule has 1 unspecified atom stereocenters. The summed E-state index contributed by atoms with van der Waals surface area (Å²) in [5, 5.41) is -1.08. The van der Waals surface area contributed by atoms with Crippen LogP contribution in [0.2, 0.25) is 0 Å². The predicted molar refractivity (Wildman–Crippen MR) is 116 cm³/mol. The fourth-order valence-electron chi connectivity index (χ4n) is 5.96. The molecule has 1 spiro atoms. The summed E-state index contributed by atoms with van der Waals surface area (Å²) in [7, 11) is -3.02. The van der Waals surface area contributed by atoms with Crippen LogP contribution in [-0.2, 0) is 24.3 Å². The van der Waals surface area contributed by atoms with Gasteiger partial charge in [-0.2, -0.15) is 8.42 Å². The first-order chi connectivity index (χ1) is 14.5. The van der Waals surface area contributed by atoms with Crippen molar-refractivity contribution in [1.82, 2.24) is 4.31 Å². The summed E-state index contributed by atoms with van der Waals surface area (Å²) in [5.41, 5.74) is -1.02. The lowest BCUT2D eigenvalue weighted by molar-refractivity contribution is -0.130. The van der Waals surface area contributed by atoms with E-state index in [-0.39, 0.29) is 17.6 Å². The van der Waals surface area contributed by atoms with Gasteiger partial charge in [0.15, 0.2) is 0 Å². The first-order valence-electron chi connectivity index (χ1n) is 10.4. The van der Waals surface area contributed by atoms with E-state index in [4.69, 9.17) is 4.74 Å². The minimum absolute atomic E-state index is 0.0512. The van der Waals surface area contributed by atoms with Crippen LogP contribution in [0.1, 0.15) is 56.8 Å². The van der Waals surface area contributed by atoms with E-state index < -0.39 is 43.9 Å². The summed E-state index contributed by atoms with van der Waals surface area (Å²) >= 11 is 1.31. The van der Waals surface area contributed by atoms with Crippen LogP contribution in [0.15, 0.2) is 29.2 Å². The number of methoxy groups -OCH3 is 1. The number of thioether (sulfide) groups is 1. The van der Waals surface area contributed by atoms with Gasteiger partial charge in [0.25, 0.3) is 5.12 Å². The molecule has 0 aromatic heterocycles. The molecule has 2 bridgehead atoms. The molecule has 9 heteroatoms. The fraction of sp³-hybridized carbons (Fsp3) is 0.591. The van der Waals surface area contributed by atoms with Crippen LogP contribution in [-0.4, -0.2) is 48.1 Å². The fourth-order valence-corrected chi connectivity index (χ4v) is 9.14. The van der Waals surface area contributed by atoms with Gasteiger partial charge in [-0.1, -0.05) is 32.9 Å². The van der Waals surface area contributed by atoms with Gasteiger partial charge in [-0.3, -0.25) is 9.59 Å². The highest BCUT2D eigenvalue weighted by atomic mass is 32.2. The van der Waals surface area contributed by atoms with Gasteiger partial charge < -0.3 is 4.74 Å². The highest BCUT2D eigenvalue weighted by Gasteiger charge is 2.77. The van der Waals surface area contributed by atoms with Crippen molar-refractivity contribution < 1.29 is 27.5 Å². The Labute approximate surface area is 186 Å². The van der Waals surface area contributed by atoms with Gasteiger partial charge in [-0.25, -0.2) is 9.10 Å². The van der Waals surface area contributed by atoms with E-state index in [1.165, 1.54) is 18.9 Å². The van der Waals surface area contributed by atoms with E-state index in [9.17, 15) is 22.8 Å². The van der Waals surface area contributed by atoms with Crippen LogP contribution >= 0.6 is 11.8 Å². The summed E-state index contributed by atoms with van der Waals surface area (Å²) in [5.74, 6) is -0.777. The third kappa shape index (κ3) is 2.99. The Morgan fingerprint density at radius 1 is 1.29 bits per heavy atom. The summed E-state index contributed by atoms with van der Waals surface area (Å²) in [6.45, 7) is 5.74. The number of hydrogen-bond donors (Lipinski definition) is 0. The zero-order valence-corrected chi connectivity index (χ0v) is 19.7. The minimum atomic E-state index is -4.32. The Morgan fingerprint density at radius 2 is 1.97 bits per heavy atom. The molecule has 0 N–H and O–H groups in total. The van der Waals surface area contributed by atoms with E-state index >= 15 is 0 Å². The van der Waals surface area contributed by atoms with E-state index in [0.29, 0.717) is 23.3 Å². The predicted octanol–water partition coefficient (Wildman–Crippen LogP) is 3.24. The van der Waals surface area contributed by atoms with Crippen LogP contribution in [0.25, 0.3) is 0 Å². The number of sulfonamides is 1. The molecule has 1 amide bonds. The van der Waals surface area contributed by atoms with Gasteiger partial charge >= 0.3 is 16.0 Å². The van der Waals surface area contributed by atoms with Gasteiger partial charge in [0, 0.05) is 16.6 Å². The van der Waals surface area contributed by atoms with Crippen LogP contribution in [0.5, 0.6) is 0 Å². The SMILES string of the molecule is COC(=O)c1ccccc1SC(C)CC(=O)N1[C@@H]2C[C@H]3CC[C@]2(C(=O)S1(=O)=O)C3(C)C. The van der Waals surface area contributed by atoms with Crippen molar-refractivity contribution in [1.29, 1.82) is 0 Å². The topological polar surface area (TPSA) is 97.8 Å². The monoisotopic (exact) mass is 465 g/mol. The van der Waals surface area contributed by atoms with Gasteiger partial charge in [0.2, 0.25) is 5.91 Å². The number of nitrogens with zero attached hydrogens (tertiary/aromatic N) is 1. The van der Waals surface area contributed by atoms with Crippen molar-refractivity contribution in [3.63, 3.8) is 0 Å². The Morgan fingerprint density at radius 3 is 2.61 bits per heavy atom. The lowest BCUT2D eigenvalue weighted by atomic mass is 9.68. The van der Waals surface area contributed by atoms with Crippen LogP contribution in [0, 0.1) is 16.7 Å². The zero-order chi connectivity index (χ0) is 22.8. The first-order valence-corrected chi connectivity index (χ1v) is 12.8. The maximum Gasteiger partial charge on any atom is 0.338 e. The molecule has 168 valence electrons. The van der Waals surface area contributed by atoms with Crippen molar-refractivity contribution in [3.05, 3.63) is 29.8 Å². The average molecular weight is 466 g/mol. The van der Waals surface area contributed by atoms with Crippen LogP contribution < -0.4 is 0 Å². The molecule has 2 saturated carbocycles. The molecule has 3 fully saturated rings. The highest BCUT2D eigenvalue weighted by molar-refractivity contribution is 8.05. The average Bonchev–Trinajstić information content (AvgIpc) is 3.17. The van der Waals surface area contributed by atoms with E-state index in [0.717, 1.165) is 10.7 Å². The molecule has 4 rings (SSSR count). The molecular weight excluding hydrogens is 438 g/mol. The number of rotatable bonds is 5. The molecule has 1 aromatic rings. The molecule has 4 atom stereocenters. The number of carbonyl (C=O) groups excluding carboxylic acids is 3. The normalized spacial score (nSPS) is 30.8. The van der Waals surface area contributed by atoms with E-state index in [1.54, 1.807) is 24.3 Å². The number of fused-ring (bicyclic) bond motifs is 1. The second kappa shape index (κ2) is 7.33. The molecule has 2 aliphatic carbocycles. The molecule has 3 aliphatic rings. The number of ether oxygens (including phenoxy) is 1. The summed E-state index contributed by atoms with van der Waals surface area (Å²) in [6, 6.07) is 6.35. The van der Waals surface area contributed by atoms with Gasteiger partial charge in [-0.15, -0.1) is 11.8 Å². The number of amides is 1. The lowest BCUT2D eigenvalue weighted by Gasteiger charge is -2.35. The minimum Gasteiger partial charge on any atom is -0.465 e. The summed E-state index contributed by atoms with van der Waals surface area (Å²) in [4.78, 5) is 39.0. The zero-order valence-electron chi connectivity index (χ0n) is 18.1. The van der Waals surface area contributed by atoms with Gasteiger partial charge in [-0.05, 0) is 42.7 Å². The Bertz CT molecular complexity index is 1070. The largest absolute Gasteiger partial charge is 0.465 e. The van der Waals surface area contributed by atoms with E-state index in [2.05, 4.69) is 0 Å². The second-order valence-corrected chi connectivity index (χ2v) is 12.5. The summed E-state index contributed by atoms with van der Waals surface area (Å²) < 4.78 is 31.8.